The van der Waals surface area contributed by atoms with Crippen molar-refractivity contribution in [1.29, 1.82) is 0 Å². The summed E-state index contributed by atoms with van der Waals surface area (Å²) in [5.74, 6) is 1.34. The Morgan fingerprint density at radius 2 is 1.50 bits per heavy atom. The summed E-state index contributed by atoms with van der Waals surface area (Å²) in [5.41, 5.74) is 2.66. The molecule has 0 aliphatic carbocycles. The van der Waals surface area contributed by atoms with Crippen LogP contribution in [0, 0.1) is 0 Å². The Kier molecular flexibility index (Phi) is 3.21. The van der Waals surface area contributed by atoms with Crippen molar-refractivity contribution in [3.05, 3.63) is 48.5 Å². The highest BCUT2D eigenvalue weighted by molar-refractivity contribution is 5.85. The highest BCUT2D eigenvalue weighted by Gasteiger charge is 2.08. The van der Waals surface area contributed by atoms with Crippen molar-refractivity contribution < 1.29 is 9.47 Å². The summed E-state index contributed by atoms with van der Waals surface area (Å²) in [5, 5.41) is 9.49. The summed E-state index contributed by atoms with van der Waals surface area (Å²) < 4.78 is 10.6. The first-order valence-corrected chi connectivity index (χ1v) is 6.26. The first-order valence-electron chi connectivity index (χ1n) is 6.26. The number of benzene rings is 2. The highest BCUT2D eigenvalue weighted by atomic mass is 16.5. The van der Waals surface area contributed by atoms with Crippen molar-refractivity contribution in [2.75, 3.05) is 14.2 Å². The summed E-state index contributed by atoms with van der Waals surface area (Å²) in [4.78, 5) is 0. The van der Waals surface area contributed by atoms with Gasteiger partial charge in [-0.1, -0.05) is 30.3 Å². The summed E-state index contributed by atoms with van der Waals surface area (Å²) >= 11 is 0. The Morgan fingerprint density at radius 1 is 0.800 bits per heavy atom. The van der Waals surface area contributed by atoms with Gasteiger partial charge in [0.1, 0.15) is 0 Å². The van der Waals surface area contributed by atoms with Gasteiger partial charge in [0.05, 0.1) is 25.4 Å². The molecule has 3 rings (SSSR count). The van der Waals surface area contributed by atoms with E-state index in [2.05, 4.69) is 10.2 Å². The van der Waals surface area contributed by atoms with Crippen LogP contribution < -0.4 is 9.47 Å². The first-order chi connectivity index (χ1) is 9.81. The fraction of sp³-hybridized carbons (Fsp3) is 0.125. The van der Waals surface area contributed by atoms with E-state index in [0.717, 1.165) is 22.2 Å². The molecule has 0 spiro atoms. The predicted molar refractivity (Wildman–Crippen MR) is 78.1 cm³/mol. The average Bonchev–Trinajstić information content (AvgIpc) is 2.53. The van der Waals surface area contributed by atoms with Crippen LogP contribution in [0.15, 0.2) is 48.5 Å². The van der Waals surface area contributed by atoms with Crippen LogP contribution >= 0.6 is 0 Å². The maximum atomic E-state index is 5.32. The van der Waals surface area contributed by atoms with Crippen LogP contribution in [0.2, 0.25) is 0 Å². The molecule has 4 heteroatoms. The molecule has 0 aliphatic rings. The second-order valence-electron chi connectivity index (χ2n) is 4.36. The van der Waals surface area contributed by atoms with Gasteiger partial charge in [0.25, 0.3) is 0 Å². The molecule has 1 heterocycles. The van der Waals surface area contributed by atoms with Crippen LogP contribution in [0.5, 0.6) is 11.5 Å². The topological polar surface area (TPSA) is 44.2 Å². The molecular weight excluding hydrogens is 252 g/mol. The zero-order valence-electron chi connectivity index (χ0n) is 11.3. The molecule has 0 N–H and O–H groups in total. The minimum Gasteiger partial charge on any atom is -0.493 e. The van der Waals surface area contributed by atoms with E-state index in [9.17, 15) is 0 Å². The summed E-state index contributed by atoms with van der Waals surface area (Å²) in [6.07, 6.45) is 0. The third-order valence-corrected chi connectivity index (χ3v) is 3.16. The molecule has 0 amide bonds. The minimum absolute atomic E-state index is 0.654. The van der Waals surface area contributed by atoms with Gasteiger partial charge < -0.3 is 9.47 Å². The molecule has 0 radical (unpaired) electrons. The Bertz CT molecular complexity index is 742. The van der Waals surface area contributed by atoms with E-state index in [1.54, 1.807) is 14.2 Å². The van der Waals surface area contributed by atoms with Crippen LogP contribution in [0.3, 0.4) is 0 Å². The van der Waals surface area contributed by atoms with Crippen molar-refractivity contribution in [2.45, 2.75) is 0 Å². The van der Waals surface area contributed by atoms with Crippen molar-refractivity contribution >= 4 is 10.9 Å². The lowest BCUT2D eigenvalue weighted by Gasteiger charge is -2.09. The third kappa shape index (κ3) is 2.16. The molecule has 0 atom stereocenters. The van der Waals surface area contributed by atoms with Gasteiger partial charge in [-0.3, -0.25) is 0 Å². The zero-order chi connectivity index (χ0) is 13.9. The molecular formula is C16H14N2O2. The normalized spacial score (nSPS) is 10.5. The van der Waals surface area contributed by atoms with E-state index in [1.165, 1.54) is 0 Å². The Labute approximate surface area is 117 Å². The molecule has 100 valence electrons. The van der Waals surface area contributed by atoms with Gasteiger partial charge in [0, 0.05) is 17.0 Å². The lowest BCUT2D eigenvalue weighted by atomic mass is 10.1. The smallest absolute Gasteiger partial charge is 0.162 e. The number of ether oxygens (including phenoxy) is 2. The molecule has 3 aromatic rings. The van der Waals surface area contributed by atoms with E-state index in [1.807, 2.05) is 48.5 Å². The summed E-state index contributed by atoms with van der Waals surface area (Å²) in [6, 6.07) is 15.7. The Balaban J connectivity index is 2.16. The van der Waals surface area contributed by atoms with Crippen LogP contribution in [0.4, 0.5) is 0 Å². The van der Waals surface area contributed by atoms with Crippen LogP contribution in [0.25, 0.3) is 22.2 Å². The van der Waals surface area contributed by atoms with Crippen molar-refractivity contribution in [2.24, 2.45) is 0 Å². The van der Waals surface area contributed by atoms with Gasteiger partial charge in [0.2, 0.25) is 0 Å². The van der Waals surface area contributed by atoms with Gasteiger partial charge in [0.15, 0.2) is 11.5 Å². The third-order valence-electron chi connectivity index (χ3n) is 3.16. The van der Waals surface area contributed by atoms with E-state index in [4.69, 9.17) is 9.47 Å². The van der Waals surface area contributed by atoms with Gasteiger partial charge in [-0.2, -0.15) is 0 Å². The molecule has 0 saturated heterocycles. The Morgan fingerprint density at radius 3 is 2.20 bits per heavy atom. The number of hydrogen-bond donors (Lipinski definition) is 0. The van der Waals surface area contributed by atoms with Crippen LogP contribution in [0.1, 0.15) is 0 Å². The van der Waals surface area contributed by atoms with E-state index in [0.29, 0.717) is 11.5 Å². The van der Waals surface area contributed by atoms with Gasteiger partial charge >= 0.3 is 0 Å². The number of fused-ring (bicyclic) bond motifs is 1. The minimum atomic E-state index is 0.654. The fourth-order valence-electron chi connectivity index (χ4n) is 2.12. The number of hydrogen-bond acceptors (Lipinski definition) is 4. The molecule has 0 aliphatic heterocycles. The van der Waals surface area contributed by atoms with Crippen molar-refractivity contribution in [3.8, 4) is 22.8 Å². The second kappa shape index (κ2) is 5.17. The quantitative estimate of drug-likeness (QED) is 0.729. The predicted octanol–water partition coefficient (Wildman–Crippen LogP) is 3.31. The maximum Gasteiger partial charge on any atom is 0.162 e. The SMILES string of the molecule is COc1cc2cc(-c3ccccc3)nnc2cc1OC. The summed E-state index contributed by atoms with van der Waals surface area (Å²) in [7, 11) is 3.23. The molecule has 0 unspecified atom stereocenters. The number of rotatable bonds is 3. The molecule has 0 bridgehead atoms. The second-order valence-corrected chi connectivity index (χ2v) is 4.36. The highest BCUT2D eigenvalue weighted by Crippen LogP contribution is 2.32. The largest absolute Gasteiger partial charge is 0.493 e. The lowest BCUT2D eigenvalue weighted by molar-refractivity contribution is 0.355. The maximum absolute atomic E-state index is 5.32. The van der Waals surface area contributed by atoms with Gasteiger partial charge in [-0.15, -0.1) is 10.2 Å². The average molecular weight is 266 g/mol. The molecule has 20 heavy (non-hydrogen) atoms. The molecule has 4 nitrogen and oxygen atoms in total. The monoisotopic (exact) mass is 266 g/mol. The molecule has 1 aromatic heterocycles. The number of aromatic nitrogens is 2. The van der Waals surface area contributed by atoms with E-state index >= 15 is 0 Å². The number of nitrogens with zero attached hydrogens (tertiary/aromatic N) is 2. The summed E-state index contributed by atoms with van der Waals surface area (Å²) in [6.45, 7) is 0. The molecule has 0 saturated carbocycles. The van der Waals surface area contributed by atoms with Gasteiger partial charge in [-0.05, 0) is 12.1 Å². The van der Waals surface area contributed by atoms with Crippen LogP contribution in [-0.4, -0.2) is 24.4 Å². The van der Waals surface area contributed by atoms with Gasteiger partial charge in [-0.25, -0.2) is 0 Å². The Hall–Kier alpha value is -2.62. The fourth-order valence-corrected chi connectivity index (χ4v) is 2.12. The first kappa shape index (κ1) is 12.4. The molecule has 0 fully saturated rings. The van der Waals surface area contributed by atoms with E-state index in [-0.39, 0.29) is 0 Å². The molecule has 2 aromatic carbocycles. The van der Waals surface area contributed by atoms with Crippen LogP contribution in [-0.2, 0) is 0 Å². The zero-order valence-corrected chi connectivity index (χ0v) is 11.3. The van der Waals surface area contributed by atoms with Crippen molar-refractivity contribution in [3.63, 3.8) is 0 Å². The van der Waals surface area contributed by atoms with Crippen molar-refractivity contribution in [1.82, 2.24) is 10.2 Å². The lowest BCUT2D eigenvalue weighted by Crippen LogP contribution is -1.93. The number of methoxy groups -OCH3 is 2. The van der Waals surface area contributed by atoms with E-state index < -0.39 is 0 Å². The standard InChI is InChI=1S/C16H14N2O2/c1-19-15-9-12-8-13(11-6-4-3-5-7-11)17-18-14(12)10-16(15)20-2/h3-10H,1-2H3.